The number of rotatable bonds is 7. The first kappa shape index (κ1) is 16.1. The molecule has 8 heteroatoms. The molecule has 1 heterocycles. The molecular formula is C12H21N5O3. The average Bonchev–Trinajstić information content (AvgIpc) is 2.34. The van der Waals surface area contributed by atoms with E-state index in [2.05, 4.69) is 15.3 Å². The molecule has 0 radical (unpaired) electrons. The molecule has 1 aromatic rings. The number of aliphatic hydroxyl groups is 1. The van der Waals surface area contributed by atoms with Gasteiger partial charge in [0.1, 0.15) is 6.33 Å². The zero-order chi connectivity index (χ0) is 15.3. The molecule has 20 heavy (non-hydrogen) atoms. The van der Waals surface area contributed by atoms with Gasteiger partial charge in [0, 0.05) is 19.6 Å². The quantitative estimate of drug-likeness (QED) is 0.576. The number of nitrogens with zero attached hydrogens (tertiary/aromatic N) is 4. The van der Waals surface area contributed by atoms with Gasteiger partial charge in [0.05, 0.1) is 10.5 Å². The third kappa shape index (κ3) is 4.02. The number of anilines is 2. The van der Waals surface area contributed by atoms with Crippen LogP contribution < -0.4 is 10.2 Å². The van der Waals surface area contributed by atoms with Crippen molar-refractivity contribution in [2.75, 3.05) is 29.9 Å². The summed E-state index contributed by atoms with van der Waals surface area (Å²) in [6.45, 7) is 8.24. The average molecular weight is 283 g/mol. The first-order chi connectivity index (χ1) is 9.30. The summed E-state index contributed by atoms with van der Waals surface area (Å²) in [5.74, 6) is 0.405. The molecule has 0 fully saturated rings. The third-order valence-corrected chi connectivity index (χ3v) is 2.59. The van der Waals surface area contributed by atoms with Gasteiger partial charge >= 0.3 is 5.69 Å². The molecule has 0 amide bonds. The molecule has 8 nitrogen and oxygen atoms in total. The lowest BCUT2D eigenvalue weighted by molar-refractivity contribution is -0.383. The van der Waals surface area contributed by atoms with E-state index in [1.165, 1.54) is 6.33 Å². The van der Waals surface area contributed by atoms with E-state index in [0.29, 0.717) is 13.1 Å². The second-order valence-electron chi connectivity index (χ2n) is 5.01. The molecule has 1 aromatic heterocycles. The fourth-order valence-electron chi connectivity index (χ4n) is 1.87. The van der Waals surface area contributed by atoms with Gasteiger partial charge in [0.15, 0.2) is 0 Å². The van der Waals surface area contributed by atoms with Gasteiger partial charge in [-0.05, 0) is 27.7 Å². The van der Waals surface area contributed by atoms with Crippen LogP contribution in [0.4, 0.5) is 17.3 Å². The molecule has 0 aliphatic carbocycles. The minimum atomic E-state index is -0.979. The van der Waals surface area contributed by atoms with Crippen LogP contribution in [0.2, 0.25) is 0 Å². The number of hydrogen-bond acceptors (Lipinski definition) is 7. The van der Waals surface area contributed by atoms with Crippen molar-refractivity contribution in [2.45, 2.75) is 33.3 Å². The Hall–Kier alpha value is -1.96. The van der Waals surface area contributed by atoms with Crippen LogP contribution in [0, 0.1) is 10.1 Å². The summed E-state index contributed by atoms with van der Waals surface area (Å²) < 4.78 is 0. The summed E-state index contributed by atoms with van der Waals surface area (Å²) >= 11 is 0. The molecule has 0 spiro atoms. The van der Waals surface area contributed by atoms with E-state index < -0.39 is 10.5 Å². The number of likely N-dealkylation sites (N-methyl/N-ethyl adjacent to an activating group) is 1. The van der Waals surface area contributed by atoms with E-state index in [-0.39, 0.29) is 23.9 Å². The lowest BCUT2D eigenvalue weighted by Gasteiger charge is -2.28. The number of nitrogens with one attached hydrogen (secondary N) is 1. The molecule has 0 saturated heterocycles. The van der Waals surface area contributed by atoms with Crippen molar-refractivity contribution in [3.63, 3.8) is 0 Å². The second kappa shape index (κ2) is 6.47. The summed E-state index contributed by atoms with van der Waals surface area (Å²) in [6.07, 6.45) is 1.29. The van der Waals surface area contributed by atoms with E-state index in [4.69, 9.17) is 0 Å². The van der Waals surface area contributed by atoms with E-state index in [1.807, 2.05) is 13.8 Å². The summed E-state index contributed by atoms with van der Waals surface area (Å²) in [7, 11) is 0. The molecule has 0 aliphatic heterocycles. The van der Waals surface area contributed by atoms with E-state index in [9.17, 15) is 15.2 Å². The van der Waals surface area contributed by atoms with Gasteiger partial charge in [0.2, 0.25) is 11.6 Å². The van der Waals surface area contributed by atoms with E-state index in [0.717, 1.165) is 0 Å². The minimum absolute atomic E-state index is 0.166. The van der Waals surface area contributed by atoms with Crippen LogP contribution in [0.5, 0.6) is 0 Å². The van der Waals surface area contributed by atoms with Crippen molar-refractivity contribution in [3.05, 3.63) is 16.4 Å². The fourth-order valence-corrected chi connectivity index (χ4v) is 1.87. The van der Waals surface area contributed by atoms with Gasteiger partial charge in [-0.15, -0.1) is 0 Å². The van der Waals surface area contributed by atoms with Crippen LogP contribution in [0.3, 0.4) is 0 Å². The first-order valence-electron chi connectivity index (χ1n) is 6.50. The lowest BCUT2D eigenvalue weighted by Crippen LogP contribution is -2.39. The standard InChI is InChI=1S/C12H21N5O3/c1-5-13-10-9(17(19)20)11(15-8-14-10)16(6-2)7-12(3,4)18/h8,18H,5-7H2,1-4H3,(H,13,14,15). The summed E-state index contributed by atoms with van der Waals surface area (Å²) in [4.78, 5) is 20.4. The number of aromatic nitrogens is 2. The van der Waals surface area contributed by atoms with E-state index in [1.54, 1.807) is 18.7 Å². The smallest absolute Gasteiger partial charge is 0.353 e. The number of nitro groups is 1. The monoisotopic (exact) mass is 283 g/mol. The Morgan fingerprint density at radius 1 is 1.45 bits per heavy atom. The van der Waals surface area contributed by atoms with Crippen LogP contribution in [0.1, 0.15) is 27.7 Å². The Balaban J connectivity index is 3.27. The van der Waals surface area contributed by atoms with Crippen LogP contribution >= 0.6 is 0 Å². The van der Waals surface area contributed by atoms with Gasteiger partial charge in [-0.3, -0.25) is 10.1 Å². The molecule has 0 saturated carbocycles. The summed E-state index contributed by atoms with van der Waals surface area (Å²) in [5.41, 5.74) is -1.15. The Morgan fingerprint density at radius 2 is 2.10 bits per heavy atom. The van der Waals surface area contributed by atoms with Crippen LogP contribution in [0.15, 0.2) is 6.33 Å². The maximum atomic E-state index is 11.3. The maximum absolute atomic E-state index is 11.3. The Kier molecular flexibility index (Phi) is 5.20. The predicted molar refractivity (Wildman–Crippen MR) is 77.0 cm³/mol. The zero-order valence-corrected chi connectivity index (χ0v) is 12.3. The van der Waals surface area contributed by atoms with Gasteiger partial charge in [-0.1, -0.05) is 0 Å². The molecular weight excluding hydrogens is 262 g/mol. The van der Waals surface area contributed by atoms with Crippen molar-refractivity contribution in [3.8, 4) is 0 Å². The van der Waals surface area contributed by atoms with Crippen molar-refractivity contribution >= 4 is 17.3 Å². The van der Waals surface area contributed by atoms with Crippen molar-refractivity contribution in [2.24, 2.45) is 0 Å². The van der Waals surface area contributed by atoms with Gasteiger partial charge in [0.25, 0.3) is 0 Å². The topological polar surface area (TPSA) is 104 Å². The largest absolute Gasteiger partial charge is 0.389 e. The lowest BCUT2D eigenvalue weighted by atomic mass is 10.1. The first-order valence-corrected chi connectivity index (χ1v) is 6.50. The molecule has 0 unspecified atom stereocenters. The van der Waals surface area contributed by atoms with Gasteiger partial charge in [-0.25, -0.2) is 9.97 Å². The highest BCUT2D eigenvalue weighted by Crippen LogP contribution is 2.32. The fraction of sp³-hybridized carbons (Fsp3) is 0.667. The highest BCUT2D eigenvalue weighted by molar-refractivity contribution is 5.70. The zero-order valence-electron chi connectivity index (χ0n) is 12.3. The summed E-state index contributed by atoms with van der Waals surface area (Å²) in [5, 5.41) is 24.1. The minimum Gasteiger partial charge on any atom is -0.389 e. The predicted octanol–water partition coefficient (Wildman–Crippen LogP) is 1.41. The summed E-state index contributed by atoms with van der Waals surface area (Å²) in [6, 6.07) is 0. The van der Waals surface area contributed by atoms with Gasteiger partial charge < -0.3 is 15.3 Å². The van der Waals surface area contributed by atoms with Crippen LogP contribution in [-0.2, 0) is 0 Å². The van der Waals surface area contributed by atoms with Crippen molar-refractivity contribution < 1.29 is 10.0 Å². The second-order valence-corrected chi connectivity index (χ2v) is 5.01. The molecule has 0 bridgehead atoms. The molecule has 0 atom stereocenters. The van der Waals surface area contributed by atoms with Crippen molar-refractivity contribution in [1.29, 1.82) is 0 Å². The molecule has 2 N–H and O–H groups in total. The SMILES string of the molecule is CCNc1ncnc(N(CC)CC(C)(C)O)c1[N+](=O)[O-]. The normalized spacial score (nSPS) is 11.2. The maximum Gasteiger partial charge on any atom is 0.353 e. The van der Waals surface area contributed by atoms with Crippen LogP contribution in [0.25, 0.3) is 0 Å². The molecule has 0 aromatic carbocycles. The molecule has 0 aliphatic rings. The molecule has 1 rings (SSSR count). The Morgan fingerprint density at radius 3 is 2.55 bits per heavy atom. The number of hydrogen-bond donors (Lipinski definition) is 2. The highest BCUT2D eigenvalue weighted by atomic mass is 16.6. The molecule has 112 valence electrons. The highest BCUT2D eigenvalue weighted by Gasteiger charge is 2.28. The Labute approximate surface area is 118 Å². The van der Waals surface area contributed by atoms with Crippen LogP contribution in [-0.4, -0.2) is 45.2 Å². The van der Waals surface area contributed by atoms with E-state index >= 15 is 0 Å². The van der Waals surface area contributed by atoms with Gasteiger partial charge in [-0.2, -0.15) is 0 Å². The third-order valence-electron chi connectivity index (χ3n) is 2.59. The Bertz CT molecular complexity index is 473. The van der Waals surface area contributed by atoms with Crippen molar-refractivity contribution in [1.82, 2.24) is 9.97 Å².